The van der Waals surface area contributed by atoms with E-state index in [1.807, 2.05) is 73.7 Å². The first-order chi connectivity index (χ1) is 12.6. The molecule has 0 unspecified atom stereocenters. The smallest absolute Gasteiger partial charge is 0.259 e. The van der Waals surface area contributed by atoms with Crippen LogP contribution in [0, 0.1) is 0 Å². The molecule has 3 aromatic carbocycles. The first-order valence-corrected chi connectivity index (χ1v) is 8.78. The van der Waals surface area contributed by atoms with E-state index in [2.05, 4.69) is 5.32 Å². The molecule has 4 heteroatoms. The SMILES string of the molecule is C[C@@H](NC(=O)[C@H](C)N1C(=O)c2cccc3cccc1c23)c1ccccc1. The third kappa shape index (κ3) is 2.54. The molecule has 3 aromatic rings. The van der Waals surface area contributed by atoms with Gasteiger partial charge in [-0.25, -0.2) is 0 Å². The molecule has 0 spiro atoms. The van der Waals surface area contributed by atoms with Crippen molar-refractivity contribution < 1.29 is 9.59 Å². The van der Waals surface area contributed by atoms with Crippen LogP contribution in [0.2, 0.25) is 0 Å². The topological polar surface area (TPSA) is 49.4 Å². The minimum Gasteiger partial charge on any atom is -0.348 e. The van der Waals surface area contributed by atoms with Gasteiger partial charge in [0.15, 0.2) is 0 Å². The van der Waals surface area contributed by atoms with Gasteiger partial charge in [-0.3, -0.25) is 14.5 Å². The highest BCUT2D eigenvalue weighted by Crippen LogP contribution is 2.38. The van der Waals surface area contributed by atoms with E-state index in [0.717, 1.165) is 22.0 Å². The van der Waals surface area contributed by atoms with Crippen LogP contribution in [0.5, 0.6) is 0 Å². The van der Waals surface area contributed by atoms with Gasteiger partial charge in [0, 0.05) is 10.9 Å². The van der Waals surface area contributed by atoms with Crippen molar-refractivity contribution in [3.8, 4) is 0 Å². The summed E-state index contributed by atoms with van der Waals surface area (Å²) in [5.74, 6) is -0.286. The van der Waals surface area contributed by atoms with Crippen molar-refractivity contribution in [1.82, 2.24) is 5.32 Å². The molecule has 1 heterocycles. The van der Waals surface area contributed by atoms with Crippen LogP contribution in [0.3, 0.4) is 0 Å². The quantitative estimate of drug-likeness (QED) is 0.776. The summed E-state index contributed by atoms with van der Waals surface area (Å²) in [4.78, 5) is 27.4. The number of amides is 2. The molecule has 26 heavy (non-hydrogen) atoms. The molecule has 2 amide bonds. The Hall–Kier alpha value is -3.14. The number of benzene rings is 3. The fourth-order valence-corrected chi connectivity index (χ4v) is 3.60. The molecule has 0 saturated heterocycles. The number of rotatable bonds is 4. The molecule has 0 bridgehead atoms. The van der Waals surface area contributed by atoms with Crippen LogP contribution in [0.1, 0.15) is 35.8 Å². The number of carbonyl (C=O) groups is 2. The van der Waals surface area contributed by atoms with Crippen LogP contribution in [-0.4, -0.2) is 17.9 Å². The largest absolute Gasteiger partial charge is 0.348 e. The van der Waals surface area contributed by atoms with E-state index >= 15 is 0 Å². The minimum atomic E-state index is -0.591. The molecular weight excluding hydrogens is 324 g/mol. The number of nitrogens with one attached hydrogen (secondary N) is 1. The van der Waals surface area contributed by atoms with Crippen molar-refractivity contribution in [3.63, 3.8) is 0 Å². The van der Waals surface area contributed by atoms with E-state index in [0.29, 0.717) is 5.56 Å². The number of hydrogen-bond donors (Lipinski definition) is 1. The minimum absolute atomic E-state index is 0.119. The van der Waals surface area contributed by atoms with Crippen LogP contribution >= 0.6 is 0 Å². The maximum absolute atomic E-state index is 12.9. The van der Waals surface area contributed by atoms with Gasteiger partial charge in [0.05, 0.1) is 11.7 Å². The zero-order valence-electron chi connectivity index (χ0n) is 14.8. The molecule has 130 valence electrons. The number of nitrogens with zero attached hydrogens (tertiary/aromatic N) is 1. The molecule has 4 nitrogen and oxygen atoms in total. The van der Waals surface area contributed by atoms with Crippen molar-refractivity contribution in [2.75, 3.05) is 4.90 Å². The summed E-state index contributed by atoms with van der Waals surface area (Å²) >= 11 is 0. The van der Waals surface area contributed by atoms with E-state index in [1.165, 1.54) is 0 Å². The van der Waals surface area contributed by atoms with Gasteiger partial charge in [0.1, 0.15) is 6.04 Å². The fourth-order valence-electron chi connectivity index (χ4n) is 3.60. The summed E-state index contributed by atoms with van der Waals surface area (Å²) in [7, 11) is 0. The normalized spacial score (nSPS) is 15.2. The third-order valence-corrected chi connectivity index (χ3v) is 5.02. The lowest BCUT2D eigenvalue weighted by Gasteiger charge is -2.26. The van der Waals surface area contributed by atoms with E-state index < -0.39 is 6.04 Å². The summed E-state index contributed by atoms with van der Waals surface area (Å²) < 4.78 is 0. The third-order valence-electron chi connectivity index (χ3n) is 5.02. The van der Waals surface area contributed by atoms with Crippen molar-refractivity contribution in [1.29, 1.82) is 0 Å². The van der Waals surface area contributed by atoms with Crippen molar-refractivity contribution >= 4 is 28.3 Å². The molecule has 1 aliphatic heterocycles. The zero-order valence-corrected chi connectivity index (χ0v) is 14.8. The number of hydrogen-bond acceptors (Lipinski definition) is 2. The van der Waals surface area contributed by atoms with Gasteiger partial charge in [0.25, 0.3) is 5.91 Å². The van der Waals surface area contributed by atoms with Crippen molar-refractivity contribution in [2.24, 2.45) is 0 Å². The van der Waals surface area contributed by atoms with E-state index in [9.17, 15) is 9.59 Å². The standard InChI is InChI=1S/C22H20N2O2/c1-14(16-8-4-3-5-9-16)23-21(25)15(2)24-19-13-7-11-17-10-6-12-18(20(17)19)22(24)26/h3-15H,1-2H3,(H,23,25)/t14-,15+/m1/s1. The number of anilines is 1. The van der Waals surface area contributed by atoms with Gasteiger partial charge in [-0.2, -0.15) is 0 Å². The fraction of sp³-hybridized carbons (Fsp3) is 0.182. The second kappa shape index (κ2) is 6.30. The molecule has 0 aliphatic carbocycles. The van der Waals surface area contributed by atoms with Crippen molar-refractivity contribution in [2.45, 2.75) is 25.9 Å². The Balaban J connectivity index is 1.61. The van der Waals surface area contributed by atoms with Gasteiger partial charge in [0.2, 0.25) is 5.91 Å². The maximum atomic E-state index is 12.9. The molecule has 0 aromatic heterocycles. The summed E-state index contributed by atoms with van der Waals surface area (Å²) in [5, 5.41) is 4.96. The Morgan fingerprint density at radius 3 is 2.35 bits per heavy atom. The second-order valence-corrected chi connectivity index (χ2v) is 6.67. The van der Waals surface area contributed by atoms with Gasteiger partial charge in [-0.1, -0.05) is 54.6 Å². The summed E-state index contributed by atoms with van der Waals surface area (Å²) in [6.45, 7) is 3.72. The second-order valence-electron chi connectivity index (χ2n) is 6.67. The number of carbonyl (C=O) groups excluding carboxylic acids is 2. The van der Waals surface area contributed by atoms with Gasteiger partial charge < -0.3 is 5.32 Å². The van der Waals surface area contributed by atoms with Crippen LogP contribution < -0.4 is 10.2 Å². The Morgan fingerprint density at radius 2 is 1.62 bits per heavy atom. The van der Waals surface area contributed by atoms with Crippen LogP contribution in [0.25, 0.3) is 10.8 Å². The van der Waals surface area contributed by atoms with Gasteiger partial charge in [-0.15, -0.1) is 0 Å². The first kappa shape index (κ1) is 16.3. The predicted molar refractivity (Wildman–Crippen MR) is 103 cm³/mol. The van der Waals surface area contributed by atoms with Crippen molar-refractivity contribution in [3.05, 3.63) is 77.9 Å². The average molecular weight is 344 g/mol. The highest BCUT2D eigenvalue weighted by molar-refractivity contribution is 6.26. The van der Waals surface area contributed by atoms with E-state index in [4.69, 9.17) is 0 Å². The molecule has 0 fully saturated rings. The van der Waals surface area contributed by atoms with Crippen LogP contribution in [0.15, 0.2) is 66.7 Å². The summed E-state index contributed by atoms with van der Waals surface area (Å²) in [6.07, 6.45) is 0. The molecule has 2 atom stereocenters. The van der Waals surface area contributed by atoms with Crippen LogP contribution in [0.4, 0.5) is 5.69 Å². The molecule has 1 aliphatic rings. The van der Waals surface area contributed by atoms with Gasteiger partial charge >= 0.3 is 0 Å². The molecule has 4 rings (SSSR count). The summed E-state index contributed by atoms with van der Waals surface area (Å²) in [6, 6.07) is 20.6. The summed E-state index contributed by atoms with van der Waals surface area (Å²) in [5.41, 5.74) is 2.50. The lowest BCUT2D eigenvalue weighted by atomic mass is 10.1. The Bertz CT molecular complexity index is 992. The maximum Gasteiger partial charge on any atom is 0.259 e. The first-order valence-electron chi connectivity index (χ1n) is 8.78. The average Bonchev–Trinajstić information content (AvgIpc) is 2.96. The molecule has 0 saturated carbocycles. The van der Waals surface area contributed by atoms with E-state index in [-0.39, 0.29) is 17.9 Å². The zero-order chi connectivity index (χ0) is 18.3. The molecule has 0 radical (unpaired) electrons. The lowest BCUT2D eigenvalue weighted by Crippen LogP contribution is -2.47. The Kier molecular flexibility index (Phi) is 3.96. The highest BCUT2D eigenvalue weighted by atomic mass is 16.2. The van der Waals surface area contributed by atoms with E-state index in [1.54, 1.807) is 11.8 Å². The monoisotopic (exact) mass is 344 g/mol. The van der Waals surface area contributed by atoms with Crippen LogP contribution in [-0.2, 0) is 4.79 Å². The Morgan fingerprint density at radius 1 is 0.923 bits per heavy atom. The highest BCUT2D eigenvalue weighted by Gasteiger charge is 2.36. The molecule has 1 N–H and O–H groups in total. The predicted octanol–water partition coefficient (Wildman–Crippen LogP) is 4.07. The lowest BCUT2D eigenvalue weighted by molar-refractivity contribution is -0.122. The molecular formula is C22H20N2O2. The Labute approximate surface area is 152 Å². The van der Waals surface area contributed by atoms with Gasteiger partial charge in [-0.05, 0) is 36.9 Å².